The molecule has 2 saturated heterocycles. The average Bonchev–Trinajstić information content (AvgIpc) is 3.68. The first-order chi connectivity index (χ1) is 35.5. The summed E-state index contributed by atoms with van der Waals surface area (Å²) in [6.07, 6.45) is 1.88. The van der Waals surface area contributed by atoms with Crippen LogP contribution in [0.5, 0.6) is 11.5 Å². The van der Waals surface area contributed by atoms with Crippen LogP contribution in [0.4, 0.5) is 26.6 Å². The van der Waals surface area contributed by atoms with Gasteiger partial charge >= 0.3 is 6.03 Å². The summed E-state index contributed by atoms with van der Waals surface area (Å²) in [5.74, 6) is 0.566. The Morgan fingerprint density at radius 2 is 1.73 bits per heavy atom. The third-order valence-corrected chi connectivity index (χ3v) is 13.2. The SMILES string of the molecule is C=C.CC(C)(CCO)Oc1cc(Cl)cc(NC(=O)NCc2ccc3c(c2)CN(C2CCC(=O)NC2=O)C3=O)c1.CC(C)CCNc1nc(N2CCNCC2)c2cc(Cl)c(-c3cc(O)cc4ccccc34)c(F)c2n1. The number of rotatable bonds is 14. The molecule has 5 aromatic carbocycles. The van der Waals surface area contributed by atoms with Crippen molar-refractivity contribution in [1.82, 2.24) is 30.8 Å². The maximum atomic E-state index is 16.3. The maximum absolute atomic E-state index is 16.3. The molecule has 0 spiro atoms. The van der Waals surface area contributed by atoms with E-state index in [1.807, 2.05) is 44.2 Å². The molecule has 1 aromatic heterocycles. The molecule has 0 aliphatic carbocycles. The van der Waals surface area contributed by atoms with Gasteiger partial charge < -0.3 is 46.0 Å². The number of carbonyl (C=O) groups excluding carboxylic acids is 4. The summed E-state index contributed by atoms with van der Waals surface area (Å²) < 4.78 is 22.2. The van der Waals surface area contributed by atoms with Crippen molar-refractivity contribution in [2.45, 2.75) is 78.1 Å². The molecule has 5 amide bonds. The summed E-state index contributed by atoms with van der Waals surface area (Å²) >= 11 is 12.9. The van der Waals surface area contributed by atoms with Crippen molar-refractivity contribution in [3.63, 3.8) is 0 Å². The number of benzene rings is 5. The van der Waals surface area contributed by atoms with Gasteiger partial charge in [0.25, 0.3) is 5.91 Å². The number of phenolic OH excluding ortho intramolecular Hbond substituents is 1. The van der Waals surface area contributed by atoms with Crippen LogP contribution in [0.2, 0.25) is 10.0 Å². The van der Waals surface area contributed by atoms with Crippen LogP contribution >= 0.6 is 23.2 Å². The van der Waals surface area contributed by atoms with E-state index in [1.165, 1.54) is 4.90 Å². The number of aliphatic hydroxyl groups is 1. The highest BCUT2D eigenvalue weighted by Gasteiger charge is 2.39. The molecule has 6 aromatic rings. The van der Waals surface area contributed by atoms with Crippen LogP contribution in [0, 0.1) is 11.7 Å². The minimum absolute atomic E-state index is 0.0209. The van der Waals surface area contributed by atoms with Crippen molar-refractivity contribution in [2.75, 3.05) is 54.9 Å². The molecule has 390 valence electrons. The number of phenols is 1. The van der Waals surface area contributed by atoms with Gasteiger partial charge in [0.05, 0.1) is 5.02 Å². The molecular weight excluding hydrogens is 989 g/mol. The van der Waals surface area contributed by atoms with Crippen LogP contribution < -0.4 is 36.2 Å². The molecular formula is C55H62Cl2FN9O7. The number of aromatic hydroxyl groups is 1. The van der Waals surface area contributed by atoms with Gasteiger partial charge in [-0.15, -0.1) is 13.2 Å². The van der Waals surface area contributed by atoms with E-state index >= 15 is 4.39 Å². The van der Waals surface area contributed by atoms with E-state index in [0.717, 1.165) is 54.5 Å². The molecule has 3 aliphatic heterocycles. The molecule has 2 fully saturated rings. The average molecular weight is 1050 g/mol. The predicted octanol–water partition coefficient (Wildman–Crippen LogP) is 9.58. The van der Waals surface area contributed by atoms with Gasteiger partial charge in [0.15, 0.2) is 5.82 Å². The fraction of sp³-hybridized carbons (Fsp3) is 0.345. The lowest BCUT2D eigenvalue weighted by Crippen LogP contribution is -2.52. The summed E-state index contributed by atoms with van der Waals surface area (Å²) in [5, 5.41) is 36.8. The van der Waals surface area contributed by atoms with Gasteiger partial charge in [-0.05, 0) is 96.5 Å². The first-order valence-corrected chi connectivity index (χ1v) is 25.3. The number of nitrogens with zero attached hydrogens (tertiary/aromatic N) is 4. The van der Waals surface area contributed by atoms with E-state index < -0.39 is 29.4 Å². The number of urea groups is 1. The highest BCUT2D eigenvalue weighted by atomic mass is 35.5. The Balaban J connectivity index is 0.000000209. The van der Waals surface area contributed by atoms with Gasteiger partial charge in [-0.2, -0.15) is 4.98 Å². The standard InChI is InChI=1S/C27H29ClFN5O.C26H29ClN4O6.C2H4/c1-16(2)7-8-31-27-32-25-21(26(33-27)34-11-9-30-10-12-34)15-22(28)23(24(25)29)20-14-18(35)13-17-5-3-4-6-19(17)20;1-26(2,7-8-32)37-19-11-17(27)10-18(12-19)29-25(36)28-13-15-3-4-20-16(9-15)14-31(24(20)35)21-5-6-22(33)30-23(21)34;1-2/h3-6,13-16,30,35H,7-12H2,1-2H3,(H,31,32,33);3-4,9-12,21,32H,5-8,13-14H2,1-2H3,(H2,28,29,36)(H,30,33,34);1-2H2. The summed E-state index contributed by atoms with van der Waals surface area (Å²) in [5.41, 5.74) is 2.86. The highest BCUT2D eigenvalue weighted by molar-refractivity contribution is 6.35. The Bertz CT molecular complexity index is 3060. The normalized spacial score (nSPS) is 15.5. The molecule has 74 heavy (non-hydrogen) atoms. The maximum Gasteiger partial charge on any atom is 0.319 e. The van der Waals surface area contributed by atoms with Gasteiger partial charge in [-0.25, -0.2) is 14.2 Å². The van der Waals surface area contributed by atoms with Crippen LogP contribution in [-0.2, 0) is 22.7 Å². The van der Waals surface area contributed by atoms with Gasteiger partial charge in [-0.1, -0.05) is 73.4 Å². The number of nitrogens with one attached hydrogen (secondary N) is 5. The third-order valence-electron chi connectivity index (χ3n) is 12.7. The second kappa shape index (κ2) is 24.3. The number of anilines is 3. The molecule has 3 aliphatic rings. The van der Waals surface area contributed by atoms with Crippen molar-refractivity contribution < 1.29 is 38.5 Å². The minimum atomic E-state index is -0.675. The third kappa shape index (κ3) is 13.2. The number of ether oxygens (including phenoxy) is 1. The molecule has 4 heterocycles. The van der Waals surface area contributed by atoms with Crippen LogP contribution in [0.3, 0.4) is 0 Å². The number of aromatic nitrogens is 2. The molecule has 9 rings (SSSR count). The largest absolute Gasteiger partial charge is 0.508 e. The molecule has 7 N–H and O–H groups in total. The molecule has 1 unspecified atom stereocenters. The van der Waals surface area contributed by atoms with E-state index in [-0.39, 0.29) is 59.8 Å². The van der Waals surface area contributed by atoms with Crippen molar-refractivity contribution in [1.29, 1.82) is 0 Å². The Morgan fingerprint density at radius 3 is 2.46 bits per heavy atom. The van der Waals surface area contributed by atoms with Crippen molar-refractivity contribution in [3.8, 4) is 22.6 Å². The Labute approximate surface area is 439 Å². The summed E-state index contributed by atoms with van der Waals surface area (Å²) in [6.45, 7) is 18.3. The fourth-order valence-electron chi connectivity index (χ4n) is 9.03. The quantitative estimate of drug-likeness (QED) is 0.0402. The van der Waals surface area contributed by atoms with Crippen LogP contribution in [-0.4, -0.2) is 99.8 Å². The number of aliphatic hydroxyl groups excluding tert-OH is 1. The van der Waals surface area contributed by atoms with Crippen molar-refractivity contribution >= 4 is 86.1 Å². The number of hydrogen-bond donors (Lipinski definition) is 7. The number of hydrogen-bond acceptors (Lipinski definition) is 12. The Hall–Kier alpha value is -7.05. The first kappa shape index (κ1) is 54.7. The molecule has 19 heteroatoms. The lowest BCUT2D eigenvalue weighted by atomic mass is 9.96. The van der Waals surface area contributed by atoms with Crippen molar-refractivity contribution in [2.24, 2.45) is 5.92 Å². The van der Waals surface area contributed by atoms with E-state index in [1.54, 1.807) is 48.5 Å². The van der Waals surface area contributed by atoms with Crippen LogP contribution in [0.15, 0.2) is 92.0 Å². The number of halogens is 3. The van der Waals surface area contributed by atoms with Crippen LogP contribution in [0.1, 0.15) is 74.9 Å². The number of piperidine rings is 1. The first-order valence-electron chi connectivity index (χ1n) is 24.5. The lowest BCUT2D eigenvalue weighted by Gasteiger charge is -2.29. The van der Waals surface area contributed by atoms with Gasteiger partial charge in [-0.3, -0.25) is 19.7 Å². The summed E-state index contributed by atoms with van der Waals surface area (Å²) in [6, 6.07) is 21.5. The molecule has 0 saturated carbocycles. The summed E-state index contributed by atoms with van der Waals surface area (Å²) in [4.78, 5) is 62.0. The number of amides is 5. The van der Waals surface area contributed by atoms with Gasteiger partial charge in [0.2, 0.25) is 17.8 Å². The van der Waals surface area contributed by atoms with E-state index in [9.17, 15) is 29.4 Å². The second-order valence-electron chi connectivity index (χ2n) is 19.1. The summed E-state index contributed by atoms with van der Waals surface area (Å²) in [7, 11) is 0. The van der Waals surface area contributed by atoms with E-state index in [2.05, 4.69) is 63.5 Å². The van der Waals surface area contributed by atoms with E-state index in [4.69, 9.17) is 32.9 Å². The zero-order valence-corrected chi connectivity index (χ0v) is 43.4. The topological polar surface area (TPSA) is 210 Å². The Morgan fingerprint density at radius 1 is 0.973 bits per heavy atom. The number of fused-ring (bicyclic) bond motifs is 3. The monoisotopic (exact) mass is 1050 g/mol. The fourth-order valence-corrected chi connectivity index (χ4v) is 9.55. The Kier molecular flexibility index (Phi) is 18.0. The molecule has 0 bridgehead atoms. The predicted molar refractivity (Wildman–Crippen MR) is 290 cm³/mol. The van der Waals surface area contributed by atoms with Crippen LogP contribution in [0.25, 0.3) is 32.8 Å². The minimum Gasteiger partial charge on any atom is -0.508 e. The lowest BCUT2D eigenvalue weighted by molar-refractivity contribution is -0.136. The molecule has 0 radical (unpaired) electrons. The number of imide groups is 1. The number of piperazine rings is 1. The zero-order chi connectivity index (χ0) is 53.3. The molecule has 1 atom stereocenters. The van der Waals surface area contributed by atoms with Gasteiger partial charge in [0.1, 0.15) is 34.5 Å². The second-order valence-corrected chi connectivity index (χ2v) is 19.9. The van der Waals surface area contributed by atoms with Crippen molar-refractivity contribution in [3.05, 3.63) is 125 Å². The smallest absolute Gasteiger partial charge is 0.319 e. The van der Waals surface area contributed by atoms with E-state index in [0.29, 0.717) is 70.0 Å². The number of carbonyl (C=O) groups is 4. The highest BCUT2D eigenvalue weighted by Crippen LogP contribution is 2.42. The van der Waals surface area contributed by atoms with Gasteiger partial charge in [0, 0.05) is 98.6 Å². The zero-order valence-electron chi connectivity index (χ0n) is 41.9. The molecule has 16 nitrogen and oxygen atoms in total.